The van der Waals surface area contributed by atoms with Crippen molar-refractivity contribution >= 4 is 33.3 Å². The van der Waals surface area contributed by atoms with Crippen molar-refractivity contribution in [2.24, 2.45) is 0 Å². The number of carboxylic acid groups (broad SMARTS) is 1. The van der Waals surface area contributed by atoms with Crippen molar-refractivity contribution in [2.75, 3.05) is 11.4 Å². The summed E-state index contributed by atoms with van der Waals surface area (Å²) in [6, 6.07) is 15.3. The van der Waals surface area contributed by atoms with Crippen LogP contribution in [0.4, 0.5) is 11.4 Å². The van der Waals surface area contributed by atoms with Gasteiger partial charge in [-0.25, -0.2) is 4.79 Å². The van der Waals surface area contributed by atoms with E-state index in [0.717, 1.165) is 35.2 Å². The first-order chi connectivity index (χ1) is 10.1. The fourth-order valence-corrected chi connectivity index (χ4v) is 2.76. The number of benzene rings is 2. The van der Waals surface area contributed by atoms with Crippen molar-refractivity contribution in [3.63, 3.8) is 0 Å². The van der Waals surface area contributed by atoms with Crippen LogP contribution < -0.4 is 4.90 Å². The molecule has 0 bridgehead atoms. The molecule has 0 aliphatic carbocycles. The number of para-hydroxylation sites is 1. The Kier molecular flexibility index (Phi) is 5.39. The highest BCUT2D eigenvalue weighted by atomic mass is 79.9. The molecule has 0 atom stereocenters. The van der Waals surface area contributed by atoms with Gasteiger partial charge >= 0.3 is 5.97 Å². The Morgan fingerprint density at radius 3 is 2.48 bits per heavy atom. The van der Waals surface area contributed by atoms with E-state index in [-0.39, 0.29) is 5.56 Å². The molecule has 2 rings (SSSR count). The normalized spacial score (nSPS) is 10.4. The zero-order valence-corrected chi connectivity index (χ0v) is 13.5. The van der Waals surface area contributed by atoms with E-state index in [1.807, 2.05) is 24.3 Å². The second-order valence-electron chi connectivity index (χ2n) is 4.81. The summed E-state index contributed by atoms with van der Waals surface area (Å²) in [6.07, 6.45) is 2.18. The summed E-state index contributed by atoms with van der Waals surface area (Å²) in [6.45, 7) is 3.05. The van der Waals surface area contributed by atoms with Gasteiger partial charge in [-0.05, 0) is 52.7 Å². The Hall–Kier alpha value is -1.81. The number of anilines is 2. The predicted octanol–water partition coefficient (Wildman–Crippen LogP) is 5.09. The number of rotatable bonds is 6. The van der Waals surface area contributed by atoms with Crippen LogP contribution in [0.25, 0.3) is 0 Å². The molecule has 0 unspecified atom stereocenters. The molecule has 0 amide bonds. The van der Waals surface area contributed by atoms with Crippen LogP contribution in [0.1, 0.15) is 30.1 Å². The monoisotopic (exact) mass is 347 g/mol. The van der Waals surface area contributed by atoms with E-state index in [0.29, 0.717) is 0 Å². The lowest BCUT2D eigenvalue weighted by molar-refractivity contribution is 0.0697. The van der Waals surface area contributed by atoms with Crippen LogP contribution in [-0.2, 0) is 0 Å². The molecule has 0 saturated carbocycles. The molecule has 3 nitrogen and oxygen atoms in total. The largest absolute Gasteiger partial charge is 0.478 e. The van der Waals surface area contributed by atoms with E-state index in [2.05, 4.69) is 39.9 Å². The summed E-state index contributed by atoms with van der Waals surface area (Å²) in [7, 11) is 0. The van der Waals surface area contributed by atoms with Gasteiger partial charge in [0.1, 0.15) is 0 Å². The van der Waals surface area contributed by atoms with Gasteiger partial charge in [-0.3, -0.25) is 0 Å². The number of nitrogens with zero attached hydrogens (tertiary/aromatic N) is 1. The highest BCUT2D eigenvalue weighted by Gasteiger charge is 2.14. The topological polar surface area (TPSA) is 40.5 Å². The van der Waals surface area contributed by atoms with Crippen molar-refractivity contribution in [3.05, 3.63) is 58.6 Å². The van der Waals surface area contributed by atoms with E-state index >= 15 is 0 Å². The molecule has 1 N–H and O–H groups in total. The van der Waals surface area contributed by atoms with Gasteiger partial charge in [0, 0.05) is 16.7 Å². The van der Waals surface area contributed by atoms with Crippen LogP contribution >= 0.6 is 15.9 Å². The van der Waals surface area contributed by atoms with Gasteiger partial charge in [0.2, 0.25) is 0 Å². The Morgan fingerprint density at radius 2 is 1.90 bits per heavy atom. The van der Waals surface area contributed by atoms with Gasteiger partial charge in [0.25, 0.3) is 0 Å². The first kappa shape index (κ1) is 15.6. The average Bonchev–Trinajstić information content (AvgIpc) is 2.50. The van der Waals surface area contributed by atoms with Crippen molar-refractivity contribution in [2.45, 2.75) is 19.8 Å². The number of halogens is 1. The number of aromatic carboxylic acids is 1. The minimum Gasteiger partial charge on any atom is -0.478 e. The molecule has 0 aromatic heterocycles. The second kappa shape index (κ2) is 7.27. The van der Waals surface area contributed by atoms with Gasteiger partial charge in [-0.2, -0.15) is 0 Å². The third-order valence-corrected chi connectivity index (χ3v) is 3.92. The molecule has 0 aliphatic heterocycles. The van der Waals surface area contributed by atoms with E-state index < -0.39 is 5.97 Å². The second-order valence-corrected chi connectivity index (χ2v) is 5.67. The Labute approximate surface area is 133 Å². The molecule has 0 spiro atoms. The molecule has 2 aromatic rings. The molecular weight excluding hydrogens is 330 g/mol. The first-order valence-electron chi connectivity index (χ1n) is 6.99. The van der Waals surface area contributed by atoms with Crippen LogP contribution in [0.3, 0.4) is 0 Å². The number of carboxylic acids is 1. The summed E-state index contributed by atoms with van der Waals surface area (Å²) < 4.78 is 0.794. The minimum absolute atomic E-state index is 0.286. The molecule has 2 aromatic carbocycles. The number of hydrogen-bond donors (Lipinski definition) is 1. The van der Waals surface area contributed by atoms with E-state index in [9.17, 15) is 4.79 Å². The van der Waals surface area contributed by atoms with Gasteiger partial charge in [-0.15, -0.1) is 0 Å². The molecule has 0 saturated heterocycles. The van der Waals surface area contributed by atoms with Gasteiger partial charge in [-0.1, -0.05) is 31.5 Å². The maximum absolute atomic E-state index is 11.0. The fraction of sp³-hybridized carbons (Fsp3) is 0.235. The van der Waals surface area contributed by atoms with Crippen molar-refractivity contribution in [1.29, 1.82) is 0 Å². The van der Waals surface area contributed by atoms with E-state index in [1.54, 1.807) is 12.1 Å². The zero-order valence-electron chi connectivity index (χ0n) is 11.9. The quantitative estimate of drug-likeness (QED) is 0.791. The number of hydrogen-bond acceptors (Lipinski definition) is 2. The minimum atomic E-state index is -0.915. The molecule has 0 heterocycles. The lowest BCUT2D eigenvalue weighted by Gasteiger charge is -2.26. The summed E-state index contributed by atoms with van der Waals surface area (Å²) in [5.41, 5.74) is 2.38. The molecular formula is C17H18BrNO2. The zero-order chi connectivity index (χ0) is 15.2. The van der Waals surface area contributed by atoms with Crippen molar-refractivity contribution in [3.8, 4) is 0 Å². The molecule has 4 heteroatoms. The summed E-state index contributed by atoms with van der Waals surface area (Å²) in [4.78, 5) is 13.2. The third kappa shape index (κ3) is 3.85. The van der Waals surface area contributed by atoms with Crippen molar-refractivity contribution < 1.29 is 9.90 Å². The van der Waals surface area contributed by atoms with Crippen LogP contribution in [0, 0.1) is 0 Å². The predicted molar refractivity (Wildman–Crippen MR) is 89.5 cm³/mol. The van der Waals surface area contributed by atoms with Crippen LogP contribution in [-0.4, -0.2) is 17.6 Å². The SMILES string of the molecule is CCCCN(c1ccccc1)c1ccc(C(=O)O)cc1Br. The molecule has 21 heavy (non-hydrogen) atoms. The smallest absolute Gasteiger partial charge is 0.335 e. The number of unbranched alkanes of at least 4 members (excludes halogenated alkanes) is 1. The van der Waals surface area contributed by atoms with Crippen LogP contribution in [0.15, 0.2) is 53.0 Å². The highest BCUT2D eigenvalue weighted by molar-refractivity contribution is 9.10. The van der Waals surface area contributed by atoms with Crippen LogP contribution in [0.2, 0.25) is 0 Å². The Bertz CT molecular complexity index is 613. The molecule has 0 fully saturated rings. The third-order valence-electron chi connectivity index (χ3n) is 3.29. The van der Waals surface area contributed by atoms with Gasteiger partial charge in [0.05, 0.1) is 11.3 Å². The molecule has 110 valence electrons. The lowest BCUT2D eigenvalue weighted by Crippen LogP contribution is -2.19. The molecule has 0 aliphatic rings. The maximum Gasteiger partial charge on any atom is 0.335 e. The first-order valence-corrected chi connectivity index (χ1v) is 7.78. The van der Waals surface area contributed by atoms with Gasteiger partial charge in [0.15, 0.2) is 0 Å². The van der Waals surface area contributed by atoms with Crippen molar-refractivity contribution in [1.82, 2.24) is 0 Å². The fourth-order valence-electron chi connectivity index (χ4n) is 2.17. The average molecular weight is 348 g/mol. The van der Waals surface area contributed by atoms with Gasteiger partial charge < -0.3 is 10.0 Å². The lowest BCUT2D eigenvalue weighted by atomic mass is 10.1. The maximum atomic E-state index is 11.0. The summed E-state index contributed by atoms with van der Waals surface area (Å²) in [5.74, 6) is -0.915. The number of carbonyl (C=O) groups is 1. The molecule has 0 radical (unpaired) electrons. The highest BCUT2D eigenvalue weighted by Crippen LogP contribution is 2.33. The Balaban J connectivity index is 2.39. The van der Waals surface area contributed by atoms with E-state index in [4.69, 9.17) is 5.11 Å². The summed E-state index contributed by atoms with van der Waals surface area (Å²) in [5, 5.41) is 9.06. The van der Waals surface area contributed by atoms with E-state index in [1.165, 1.54) is 0 Å². The van der Waals surface area contributed by atoms with Crippen LogP contribution in [0.5, 0.6) is 0 Å². The Morgan fingerprint density at radius 1 is 1.19 bits per heavy atom. The standard InChI is InChI=1S/C17H18BrNO2/c1-2-3-11-19(14-7-5-4-6-8-14)16-10-9-13(17(20)21)12-15(16)18/h4-10,12H,2-3,11H2,1H3,(H,20,21). The summed E-state index contributed by atoms with van der Waals surface area (Å²) >= 11 is 3.50.